The van der Waals surface area contributed by atoms with Crippen LogP contribution in [0.25, 0.3) is 11.3 Å². The van der Waals surface area contributed by atoms with Gasteiger partial charge in [-0.05, 0) is 42.2 Å². The van der Waals surface area contributed by atoms with Crippen LogP contribution in [0.5, 0.6) is 0 Å². The maximum Gasteiger partial charge on any atom is 0.247 e. The molecule has 3 N–H and O–H groups in total. The van der Waals surface area contributed by atoms with Gasteiger partial charge in [0.05, 0.1) is 12.1 Å². The SMILES string of the molecule is C=CC(=O)Nc1ccc(CC(=O)Nc2nc(-c3ccc(CCCNC(C)=O)cc3)cs2)cc1. The van der Waals surface area contributed by atoms with Gasteiger partial charge in [0.25, 0.3) is 0 Å². The zero-order valence-electron chi connectivity index (χ0n) is 18.4. The second-order valence-corrected chi connectivity index (χ2v) is 8.29. The Balaban J connectivity index is 1.50. The fourth-order valence-corrected chi connectivity index (χ4v) is 3.85. The summed E-state index contributed by atoms with van der Waals surface area (Å²) < 4.78 is 0. The van der Waals surface area contributed by atoms with Crippen LogP contribution in [0.2, 0.25) is 0 Å². The molecule has 1 aromatic heterocycles. The molecule has 0 saturated carbocycles. The van der Waals surface area contributed by atoms with Crippen LogP contribution >= 0.6 is 11.3 Å². The van der Waals surface area contributed by atoms with Crippen LogP contribution in [0, 0.1) is 0 Å². The number of carbonyl (C=O) groups is 3. The minimum absolute atomic E-state index is 0.0103. The molecule has 2 aromatic carbocycles. The number of carbonyl (C=O) groups excluding carboxylic acids is 3. The summed E-state index contributed by atoms with van der Waals surface area (Å²) in [5.41, 5.74) is 4.46. The van der Waals surface area contributed by atoms with E-state index in [-0.39, 0.29) is 24.1 Å². The molecular formula is C25H26N4O3S. The number of nitrogens with one attached hydrogen (secondary N) is 3. The zero-order chi connectivity index (χ0) is 23.6. The van der Waals surface area contributed by atoms with Gasteiger partial charge >= 0.3 is 0 Å². The fourth-order valence-electron chi connectivity index (χ4n) is 3.11. The number of aryl methyl sites for hydroxylation is 1. The van der Waals surface area contributed by atoms with Gasteiger partial charge in [-0.1, -0.05) is 43.0 Å². The molecular weight excluding hydrogens is 436 g/mol. The van der Waals surface area contributed by atoms with Crippen molar-refractivity contribution in [3.63, 3.8) is 0 Å². The van der Waals surface area contributed by atoms with Crippen LogP contribution in [0.15, 0.2) is 66.6 Å². The van der Waals surface area contributed by atoms with Crippen molar-refractivity contribution in [1.29, 1.82) is 0 Å². The first-order chi connectivity index (χ1) is 15.9. The molecule has 0 radical (unpaired) electrons. The smallest absolute Gasteiger partial charge is 0.247 e. The highest BCUT2D eigenvalue weighted by Crippen LogP contribution is 2.25. The van der Waals surface area contributed by atoms with E-state index in [0.29, 0.717) is 17.4 Å². The molecule has 0 fully saturated rings. The molecule has 0 atom stereocenters. The van der Waals surface area contributed by atoms with Crippen molar-refractivity contribution < 1.29 is 14.4 Å². The molecule has 8 heteroatoms. The van der Waals surface area contributed by atoms with Crippen molar-refractivity contribution >= 4 is 39.9 Å². The summed E-state index contributed by atoms with van der Waals surface area (Å²) in [6, 6.07) is 15.2. The van der Waals surface area contributed by atoms with Gasteiger partial charge in [0.1, 0.15) is 0 Å². The number of rotatable bonds is 10. The standard InChI is InChI=1S/C25H26N4O3S/c1-3-23(31)27-21-12-8-19(9-13-21)15-24(32)29-25-28-22(16-33-25)20-10-6-18(7-11-20)5-4-14-26-17(2)30/h3,6-13,16H,1,4-5,14-15H2,2H3,(H,26,30)(H,27,31)(H,28,29,32). The highest BCUT2D eigenvalue weighted by molar-refractivity contribution is 7.14. The van der Waals surface area contributed by atoms with Crippen LogP contribution in [0.1, 0.15) is 24.5 Å². The number of thiazole rings is 1. The molecule has 3 amide bonds. The second-order valence-electron chi connectivity index (χ2n) is 7.44. The molecule has 0 saturated heterocycles. The maximum absolute atomic E-state index is 12.4. The van der Waals surface area contributed by atoms with E-state index in [2.05, 4.69) is 39.6 Å². The van der Waals surface area contributed by atoms with Gasteiger partial charge in [0, 0.05) is 30.1 Å². The first-order valence-corrected chi connectivity index (χ1v) is 11.4. The van der Waals surface area contributed by atoms with Crippen LogP contribution in [-0.4, -0.2) is 29.3 Å². The Morgan fingerprint density at radius 2 is 1.70 bits per heavy atom. The monoisotopic (exact) mass is 462 g/mol. The van der Waals surface area contributed by atoms with E-state index in [4.69, 9.17) is 0 Å². The summed E-state index contributed by atoms with van der Waals surface area (Å²) in [7, 11) is 0. The summed E-state index contributed by atoms with van der Waals surface area (Å²) in [6.45, 7) is 5.60. The van der Waals surface area contributed by atoms with Gasteiger partial charge in [0.2, 0.25) is 17.7 Å². The average molecular weight is 463 g/mol. The van der Waals surface area contributed by atoms with Crippen molar-refractivity contribution in [3.8, 4) is 11.3 Å². The molecule has 170 valence electrons. The number of aromatic nitrogens is 1. The minimum atomic E-state index is -0.281. The van der Waals surface area contributed by atoms with Crippen molar-refractivity contribution in [2.24, 2.45) is 0 Å². The Morgan fingerprint density at radius 3 is 2.36 bits per heavy atom. The first kappa shape index (κ1) is 23.9. The van der Waals surface area contributed by atoms with Crippen LogP contribution in [0.4, 0.5) is 10.8 Å². The third kappa shape index (κ3) is 7.69. The summed E-state index contributed by atoms with van der Waals surface area (Å²) in [6.07, 6.45) is 3.19. The topological polar surface area (TPSA) is 100 Å². The first-order valence-electron chi connectivity index (χ1n) is 10.5. The summed E-state index contributed by atoms with van der Waals surface area (Å²) in [5, 5.41) is 10.8. The van der Waals surface area contributed by atoms with Gasteiger partial charge in [-0.2, -0.15) is 0 Å². The van der Waals surface area contributed by atoms with Crippen molar-refractivity contribution in [1.82, 2.24) is 10.3 Å². The minimum Gasteiger partial charge on any atom is -0.356 e. The van der Waals surface area contributed by atoms with Gasteiger partial charge in [-0.15, -0.1) is 11.3 Å². The zero-order valence-corrected chi connectivity index (χ0v) is 19.2. The third-order valence-corrected chi connectivity index (χ3v) is 5.55. The second kappa shape index (κ2) is 11.7. The molecule has 0 spiro atoms. The number of nitrogens with zero attached hydrogens (tertiary/aromatic N) is 1. The molecule has 3 rings (SSSR count). The molecule has 7 nitrogen and oxygen atoms in total. The van der Waals surface area contributed by atoms with Gasteiger partial charge in [-0.25, -0.2) is 4.98 Å². The predicted molar refractivity (Wildman–Crippen MR) is 132 cm³/mol. The summed E-state index contributed by atoms with van der Waals surface area (Å²) in [5.74, 6) is -0.450. The maximum atomic E-state index is 12.4. The Kier molecular flexibility index (Phi) is 8.49. The molecule has 0 aliphatic heterocycles. The van der Waals surface area contributed by atoms with E-state index in [1.807, 2.05) is 17.5 Å². The molecule has 0 unspecified atom stereocenters. The number of benzene rings is 2. The highest BCUT2D eigenvalue weighted by atomic mass is 32.1. The third-order valence-electron chi connectivity index (χ3n) is 4.79. The number of hydrogen-bond acceptors (Lipinski definition) is 5. The average Bonchev–Trinajstić information content (AvgIpc) is 3.26. The lowest BCUT2D eigenvalue weighted by atomic mass is 10.1. The largest absolute Gasteiger partial charge is 0.356 e. The number of anilines is 2. The quantitative estimate of drug-likeness (QED) is 0.311. The fraction of sp³-hybridized carbons (Fsp3) is 0.200. The normalized spacial score (nSPS) is 10.3. The molecule has 0 aliphatic carbocycles. The summed E-state index contributed by atoms with van der Waals surface area (Å²) >= 11 is 1.38. The Labute approximate surface area is 196 Å². The van der Waals surface area contributed by atoms with Crippen molar-refractivity contribution in [3.05, 3.63) is 77.7 Å². The lowest BCUT2D eigenvalue weighted by Gasteiger charge is -2.05. The van der Waals surface area contributed by atoms with Crippen LogP contribution in [-0.2, 0) is 27.2 Å². The van der Waals surface area contributed by atoms with E-state index >= 15 is 0 Å². The predicted octanol–water partition coefficient (Wildman–Crippen LogP) is 4.18. The van der Waals surface area contributed by atoms with Gasteiger partial charge in [0.15, 0.2) is 5.13 Å². The van der Waals surface area contributed by atoms with E-state index in [9.17, 15) is 14.4 Å². The Morgan fingerprint density at radius 1 is 1.00 bits per heavy atom. The lowest BCUT2D eigenvalue weighted by molar-refractivity contribution is -0.119. The van der Waals surface area contributed by atoms with E-state index in [1.54, 1.807) is 24.3 Å². The van der Waals surface area contributed by atoms with E-state index in [0.717, 1.165) is 29.7 Å². The van der Waals surface area contributed by atoms with E-state index < -0.39 is 0 Å². The van der Waals surface area contributed by atoms with Gasteiger partial charge < -0.3 is 16.0 Å². The number of hydrogen-bond donors (Lipinski definition) is 3. The molecule has 0 bridgehead atoms. The van der Waals surface area contributed by atoms with Crippen LogP contribution < -0.4 is 16.0 Å². The van der Waals surface area contributed by atoms with Gasteiger partial charge in [-0.3, -0.25) is 14.4 Å². The van der Waals surface area contributed by atoms with E-state index in [1.165, 1.54) is 29.9 Å². The van der Waals surface area contributed by atoms with Crippen LogP contribution in [0.3, 0.4) is 0 Å². The molecule has 3 aromatic rings. The molecule has 33 heavy (non-hydrogen) atoms. The van der Waals surface area contributed by atoms with Crippen molar-refractivity contribution in [2.45, 2.75) is 26.2 Å². The summed E-state index contributed by atoms with van der Waals surface area (Å²) in [4.78, 5) is 39.2. The molecule has 1 heterocycles. The number of amides is 3. The molecule has 0 aliphatic rings. The van der Waals surface area contributed by atoms with Crippen molar-refractivity contribution in [2.75, 3.05) is 17.2 Å². The Hall–Kier alpha value is -3.78. The lowest BCUT2D eigenvalue weighted by Crippen LogP contribution is -2.21. The highest BCUT2D eigenvalue weighted by Gasteiger charge is 2.09. The Bertz CT molecular complexity index is 1120.